The molecule has 1 atom stereocenters. The zero-order valence-electron chi connectivity index (χ0n) is 11.9. The van der Waals surface area contributed by atoms with Crippen LogP contribution < -0.4 is 10.1 Å². The summed E-state index contributed by atoms with van der Waals surface area (Å²) in [6, 6.07) is 5.75. The zero-order chi connectivity index (χ0) is 15.1. The fourth-order valence-corrected chi connectivity index (χ4v) is 2.32. The molecule has 116 valence electrons. The molecule has 1 fully saturated rings. The smallest absolute Gasteiger partial charge is 0.234 e. The molecule has 5 nitrogen and oxygen atoms in total. The molecule has 1 unspecified atom stereocenters. The van der Waals surface area contributed by atoms with Gasteiger partial charge in [-0.15, -0.1) is 0 Å². The van der Waals surface area contributed by atoms with Crippen LogP contribution >= 0.6 is 0 Å². The molecule has 2 N–H and O–H groups in total. The Bertz CT molecular complexity index is 453. The number of hydrogen-bond acceptors (Lipinski definition) is 4. The molecule has 1 amide bonds. The number of likely N-dealkylation sites (tertiary alicyclic amines) is 1. The van der Waals surface area contributed by atoms with Gasteiger partial charge in [-0.05, 0) is 43.7 Å². The summed E-state index contributed by atoms with van der Waals surface area (Å²) in [5.74, 6) is 0.191. The minimum absolute atomic E-state index is 0.0770. The number of ether oxygens (including phenoxy) is 1. The summed E-state index contributed by atoms with van der Waals surface area (Å²) in [4.78, 5) is 13.7. The number of aliphatic hydroxyl groups is 1. The second kappa shape index (κ2) is 7.95. The summed E-state index contributed by atoms with van der Waals surface area (Å²) >= 11 is 0. The fraction of sp³-hybridized carbons (Fsp3) is 0.533. The molecule has 0 aliphatic carbocycles. The van der Waals surface area contributed by atoms with E-state index in [2.05, 4.69) is 5.32 Å². The van der Waals surface area contributed by atoms with E-state index in [-0.39, 0.29) is 17.8 Å². The summed E-state index contributed by atoms with van der Waals surface area (Å²) in [5, 5.41) is 12.3. The Morgan fingerprint density at radius 3 is 2.90 bits per heavy atom. The number of amides is 1. The van der Waals surface area contributed by atoms with E-state index in [1.165, 1.54) is 12.1 Å². The number of halogens is 1. The molecule has 1 aromatic carbocycles. The van der Waals surface area contributed by atoms with Gasteiger partial charge in [-0.25, -0.2) is 4.39 Å². The highest BCUT2D eigenvalue weighted by Gasteiger charge is 2.19. The van der Waals surface area contributed by atoms with Crippen LogP contribution in [0.15, 0.2) is 24.3 Å². The molecule has 0 aromatic heterocycles. The van der Waals surface area contributed by atoms with Gasteiger partial charge in [0.2, 0.25) is 5.91 Å². The van der Waals surface area contributed by atoms with Crippen molar-refractivity contribution in [1.82, 2.24) is 10.2 Å². The van der Waals surface area contributed by atoms with E-state index in [1.54, 1.807) is 12.1 Å². The number of carbonyl (C=O) groups is 1. The van der Waals surface area contributed by atoms with Crippen molar-refractivity contribution >= 4 is 5.91 Å². The number of β-amino-alcohol motifs (C(OH)–C–C–N with tert-alkyl or cyclic N) is 1. The fourth-order valence-electron chi connectivity index (χ4n) is 2.32. The topological polar surface area (TPSA) is 61.8 Å². The maximum absolute atomic E-state index is 12.7. The monoisotopic (exact) mass is 296 g/mol. The highest BCUT2D eigenvalue weighted by atomic mass is 19.1. The number of hydrogen-bond donors (Lipinski definition) is 2. The van der Waals surface area contributed by atoms with E-state index in [1.807, 2.05) is 4.90 Å². The molecular formula is C15H21FN2O3. The average molecular weight is 296 g/mol. The van der Waals surface area contributed by atoms with Gasteiger partial charge in [-0.2, -0.15) is 0 Å². The quantitative estimate of drug-likeness (QED) is 0.762. The lowest BCUT2D eigenvalue weighted by atomic mass is 10.1. The molecule has 1 saturated heterocycles. The van der Waals surface area contributed by atoms with Gasteiger partial charge < -0.3 is 15.2 Å². The van der Waals surface area contributed by atoms with Crippen molar-refractivity contribution in [2.45, 2.75) is 18.9 Å². The van der Waals surface area contributed by atoms with E-state index in [9.17, 15) is 14.3 Å². The number of nitrogens with zero attached hydrogens (tertiary/aromatic N) is 1. The Balaban J connectivity index is 1.59. The van der Waals surface area contributed by atoms with Crippen molar-refractivity contribution in [2.24, 2.45) is 0 Å². The van der Waals surface area contributed by atoms with Gasteiger partial charge >= 0.3 is 0 Å². The van der Waals surface area contributed by atoms with Crippen molar-refractivity contribution in [3.63, 3.8) is 0 Å². The summed E-state index contributed by atoms with van der Waals surface area (Å²) in [6.45, 7) is 2.43. The van der Waals surface area contributed by atoms with E-state index >= 15 is 0 Å². The first-order chi connectivity index (χ1) is 10.1. The average Bonchev–Trinajstić information content (AvgIpc) is 2.45. The molecule has 0 radical (unpaired) electrons. The number of piperidine rings is 1. The summed E-state index contributed by atoms with van der Waals surface area (Å²) < 4.78 is 18.1. The Kier molecular flexibility index (Phi) is 5.95. The summed E-state index contributed by atoms with van der Waals surface area (Å²) in [6.07, 6.45) is 1.40. The van der Waals surface area contributed by atoms with Gasteiger partial charge in [0.15, 0.2) is 0 Å². The maximum Gasteiger partial charge on any atom is 0.234 e. The SMILES string of the molecule is O=C(CN1CCCC(O)C1)NCCOc1ccc(F)cc1. The van der Waals surface area contributed by atoms with Crippen molar-refractivity contribution in [3.05, 3.63) is 30.1 Å². The van der Waals surface area contributed by atoms with Crippen molar-refractivity contribution in [1.29, 1.82) is 0 Å². The summed E-state index contributed by atoms with van der Waals surface area (Å²) in [7, 11) is 0. The van der Waals surface area contributed by atoms with E-state index < -0.39 is 0 Å². The van der Waals surface area contributed by atoms with Gasteiger partial charge in [0.1, 0.15) is 18.2 Å². The predicted octanol–water partition coefficient (Wildman–Crippen LogP) is 0.777. The van der Waals surface area contributed by atoms with Crippen LogP contribution in [-0.4, -0.2) is 54.8 Å². The van der Waals surface area contributed by atoms with Gasteiger partial charge in [0.25, 0.3) is 0 Å². The van der Waals surface area contributed by atoms with Crippen LogP contribution in [0.5, 0.6) is 5.75 Å². The minimum atomic E-state index is -0.326. The lowest BCUT2D eigenvalue weighted by molar-refractivity contribution is -0.123. The van der Waals surface area contributed by atoms with Gasteiger partial charge in [-0.3, -0.25) is 9.69 Å². The normalized spacial score (nSPS) is 19.2. The van der Waals surface area contributed by atoms with Crippen LogP contribution in [0.25, 0.3) is 0 Å². The molecule has 1 aromatic rings. The van der Waals surface area contributed by atoms with E-state index in [0.717, 1.165) is 19.4 Å². The Morgan fingerprint density at radius 2 is 2.19 bits per heavy atom. The molecule has 1 aliphatic heterocycles. The zero-order valence-corrected chi connectivity index (χ0v) is 11.9. The maximum atomic E-state index is 12.7. The van der Waals surface area contributed by atoms with Crippen LogP contribution in [0.4, 0.5) is 4.39 Å². The van der Waals surface area contributed by atoms with Gasteiger partial charge in [-0.1, -0.05) is 0 Å². The first-order valence-electron chi connectivity index (χ1n) is 7.19. The largest absolute Gasteiger partial charge is 0.492 e. The third-order valence-corrected chi connectivity index (χ3v) is 3.35. The van der Waals surface area contributed by atoms with Crippen LogP contribution in [0.1, 0.15) is 12.8 Å². The first kappa shape index (κ1) is 15.7. The Hall–Kier alpha value is -1.66. The molecular weight excluding hydrogens is 275 g/mol. The lowest BCUT2D eigenvalue weighted by Crippen LogP contribution is -2.44. The second-order valence-electron chi connectivity index (χ2n) is 5.18. The standard InChI is InChI=1S/C15H21FN2O3/c16-12-3-5-14(6-4-12)21-9-7-17-15(20)11-18-8-1-2-13(19)10-18/h3-6,13,19H,1-2,7-11H2,(H,17,20). The van der Waals surface area contributed by atoms with E-state index in [4.69, 9.17) is 4.74 Å². The molecule has 1 heterocycles. The van der Waals surface area contributed by atoms with Crippen molar-refractivity contribution in [3.8, 4) is 5.75 Å². The molecule has 6 heteroatoms. The molecule has 0 spiro atoms. The number of nitrogens with one attached hydrogen (secondary N) is 1. The van der Waals surface area contributed by atoms with Crippen LogP contribution in [0.2, 0.25) is 0 Å². The number of benzene rings is 1. The molecule has 1 aliphatic rings. The third-order valence-electron chi connectivity index (χ3n) is 3.35. The third kappa shape index (κ3) is 5.69. The second-order valence-corrected chi connectivity index (χ2v) is 5.18. The Morgan fingerprint density at radius 1 is 1.43 bits per heavy atom. The highest BCUT2D eigenvalue weighted by Crippen LogP contribution is 2.10. The van der Waals surface area contributed by atoms with E-state index in [0.29, 0.717) is 32.0 Å². The minimum Gasteiger partial charge on any atom is -0.492 e. The van der Waals surface area contributed by atoms with Crippen LogP contribution in [0, 0.1) is 5.82 Å². The van der Waals surface area contributed by atoms with Gasteiger partial charge in [0.05, 0.1) is 19.2 Å². The van der Waals surface area contributed by atoms with Crippen molar-refractivity contribution in [2.75, 3.05) is 32.8 Å². The van der Waals surface area contributed by atoms with Crippen molar-refractivity contribution < 1.29 is 19.0 Å². The van der Waals surface area contributed by atoms with Gasteiger partial charge in [0, 0.05) is 6.54 Å². The number of aliphatic hydroxyl groups excluding tert-OH is 1. The highest BCUT2D eigenvalue weighted by molar-refractivity contribution is 5.78. The first-order valence-corrected chi connectivity index (χ1v) is 7.19. The van der Waals surface area contributed by atoms with Crippen LogP contribution in [-0.2, 0) is 4.79 Å². The summed E-state index contributed by atoms with van der Waals surface area (Å²) in [5.41, 5.74) is 0. The molecule has 21 heavy (non-hydrogen) atoms. The number of rotatable bonds is 6. The molecule has 0 saturated carbocycles. The van der Waals surface area contributed by atoms with Crippen LogP contribution in [0.3, 0.4) is 0 Å². The number of carbonyl (C=O) groups excluding carboxylic acids is 1. The lowest BCUT2D eigenvalue weighted by Gasteiger charge is -2.29. The predicted molar refractivity (Wildman–Crippen MR) is 76.6 cm³/mol. The Labute approximate surface area is 123 Å². The molecule has 2 rings (SSSR count). The molecule has 0 bridgehead atoms.